The molecule has 0 aliphatic heterocycles. The summed E-state index contributed by atoms with van der Waals surface area (Å²) in [6.07, 6.45) is 10.1. The maximum atomic E-state index is 11.7. The molecule has 0 saturated heterocycles. The third-order valence-corrected chi connectivity index (χ3v) is 3.38. The van der Waals surface area contributed by atoms with Crippen LogP contribution >= 0.6 is 0 Å². The number of pyridine rings is 1. The predicted octanol–water partition coefficient (Wildman–Crippen LogP) is 1.37. The number of nitrogens with one attached hydrogen (secondary N) is 2. The zero-order valence-corrected chi connectivity index (χ0v) is 11.9. The molecule has 1 saturated carbocycles. The molecule has 1 fully saturated rings. The normalized spacial score (nSPS) is 15.8. The number of hydrogen-bond donors (Lipinski definition) is 2. The monoisotopic (exact) mass is 288 g/mol. The molecule has 0 radical (unpaired) electrons. The molecule has 1 aromatic rings. The highest BCUT2D eigenvalue weighted by Crippen LogP contribution is 2.17. The lowest BCUT2D eigenvalue weighted by atomic mass is 9.95. The SMILES string of the molecule is O=C(CC(=O)NC1CCCCC1)N/N=C\c1cccnc1. The van der Waals surface area contributed by atoms with Gasteiger partial charge in [-0.1, -0.05) is 25.3 Å². The van der Waals surface area contributed by atoms with E-state index in [1.54, 1.807) is 18.5 Å². The van der Waals surface area contributed by atoms with Crippen LogP contribution in [-0.4, -0.2) is 29.1 Å². The molecule has 1 aliphatic carbocycles. The van der Waals surface area contributed by atoms with Gasteiger partial charge in [-0.05, 0) is 18.9 Å². The van der Waals surface area contributed by atoms with Crippen molar-refractivity contribution in [1.29, 1.82) is 0 Å². The Morgan fingerprint density at radius 3 is 2.81 bits per heavy atom. The minimum Gasteiger partial charge on any atom is -0.353 e. The van der Waals surface area contributed by atoms with E-state index in [0.717, 1.165) is 31.2 Å². The van der Waals surface area contributed by atoms with E-state index in [9.17, 15) is 9.59 Å². The standard InChI is InChI=1S/C15H20N4O2/c20-14(18-13-6-2-1-3-7-13)9-15(21)19-17-11-12-5-4-8-16-10-12/h4-5,8,10-11,13H,1-3,6-7,9H2,(H,18,20)(H,19,21)/b17-11-. The van der Waals surface area contributed by atoms with Crippen molar-refractivity contribution >= 4 is 18.0 Å². The van der Waals surface area contributed by atoms with Crippen molar-refractivity contribution in [2.24, 2.45) is 5.10 Å². The first kappa shape index (κ1) is 15.2. The lowest BCUT2D eigenvalue weighted by molar-refractivity contribution is -0.129. The van der Waals surface area contributed by atoms with Crippen LogP contribution in [-0.2, 0) is 9.59 Å². The topological polar surface area (TPSA) is 83.5 Å². The van der Waals surface area contributed by atoms with Gasteiger partial charge in [-0.15, -0.1) is 0 Å². The number of carbonyl (C=O) groups excluding carboxylic acids is 2. The van der Waals surface area contributed by atoms with Crippen molar-refractivity contribution in [2.45, 2.75) is 44.6 Å². The van der Waals surface area contributed by atoms with E-state index in [-0.39, 0.29) is 18.4 Å². The van der Waals surface area contributed by atoms with Gasteiger partial charge in [0.2, 0.25) is 11.8 Å². The maximum absolute atomic E-state index is 11.7. The van der Waals surface area contributed by atoms with Crippen LogP contribution in [0.5, 0.6) is 0 Å². The molecule has 0 unspecified atom stereocenters. The van der Waals surface area contributed by atoms with Gasteiger partial charge in [-0.2, -0.15) is 5.10 Å². The first-order chi connectivity index (χ1) is 10.2. The molecule has 2 rings (SSSR count). The summed E-state index contributed by atoms with van der Waals surface area (Å²) in [4.78, 5) is 27.2. The summed E-state index contributed by atoms with van der Waals surface area (Å²) in [5.74, 6) is -0.653. The van der Waals surface area contributed by atoms with Gasteiger partial charge in [0.1, 0.15) is 6.42 Å². The quantitative estimate of drug-likeness (QED) is 0.487. The minimum atomic E-state index is -0.413. The zero-order chi connectivity index (χ0) is 14.9. The number of rotatable bonds is 5. The summed E-state index contributed by atoms with van der Waals surface area (Å²) in [6, 6.07) is 3.82. The van der Waals surface area contributed by atoms with Crippen LogP contribution in [0.15, 0.2) is 29.6 Å². The molecule has 112 valence electrons. The van der Waals surface area contributed by atoms with Gasteiger partial charge in [0, 0.05) is 24.0 Å². The smallest absolute Gasteiger partial charge is 0.249 e. The van der Waals surface area contributed by atoms with Gasteiger partial charge < -0.3 is 5.32 Å². The Bertz CT molecular complexity index is 496. The van der Waals surface area contributed by atoms with E-state index in [4.69, 9.17) is 0 Å². The first-order valence-corrected chi connectivity index (χ1v) is 7.25. The number of aromatic nitrogens is 1. The number of carbonyl (C=O) groups is 2. The molecule has 0 bridgehead atoms. The van der Waals surface area contributed by atoms with Crippen LogP contribution in [0.1, 0.15) is 44.1 Å². The van der Waals surface area contributed by atoms with Crippen LogP contribution in [0.25, 0.3) is 0 Å². The van der Waals surface area contributed by atoms with Crippen molar-refractivity contribution in [3.63, 3.8) is 0 Å². The fourth-order valence-electron chi connectivity index (χ4n) is 2.34. The van der Waals surface area contributed by atoms with E-state index >= 15 is 0 Å². The predicted molar refractivity (Wildman–Crippen MR) is 79.6 cm³/mol. The fourth-order valence-corrected chi connectivity index (χ4v) is 2.34. The summed E-state index contributed by atoms with van der Waals surface area (Å²) < 4.78 is 0. The van der Waals surface area contributed by atoms with Gasteiger partial charge in [0.05, 0.1) is 6.21 Å². The largest absolute Gasteiger partial charge is 0.353 e. The Hall–Kier alpha value is -2.24. The Morgan fingerprint density at radius 2 is 2.10 bits per heavy atom. The van der Waals surface area contributed by atoms with Crippen LogP contribution in [0.4, 0.5) is 0 Å². The molecular weight excluding hydrogens is 268 g/mol. The molecule has 1 aliphatic rings. The highest BCUT2D eigenvalue weighted by molar-refractivity contribution is 5.97. The van der Waals surface area contributed by atoms with Gasteiger partial charge in [-0.3, -0.25) is 14.6 Å². The molecule has 2 N–H and O–H groups in total. The van der Waals surface area contributed by atoms with Gasteiger partial charge in [0.15, 0.2) is 0 Å². The van der Waals surface area contributed by atoms with Crippen molar-refractivity contribution in [2.75, 3.05) is 0 Å². The van der Waals surface area contributed by atoms with E-state index in [0.29, 0.717) is 0 Å². The molecule has 6 nitrogen and oxygen atoms in total. The van der Waals surface area contributed by atoms with E-state index in [1.807, 2.05) is 6.07 Å². The molecule has 1 aromatic heterocycles. The second-order valence-electron chi connectivity index (χ2n) is 5.16. The second-order valence-corrected chi connectivity index (χ2v) is 5.16. The van der Waals surface area contributed by atoms with E-state index in [2.05, 4.69) is 20.8 Å². The summed E-state index contributed by atoms with van der Waals surface area (Å²) in [6.45, 7) is 0. The summed E-state index contributed by atoms with van der Waals surface area (Å²) in [5, 5.41) is 6.69. The first-order valence-electron chi connectivity index (χ1n) is 7.25. The van der Waals surface area contributed by atoms with Crippen LogP contribution in [0, 0.1) is 0 Å². The van der Waals surface area contributed by atoms with Crippen LogP contribution in [0.3, 0.4) is 0 Å². The third kappa shape index (κ3) is 5.72. The molecule has 2 amide bonds. The Morgan fingerprint density at radius 1 is 1.29 bits per heavy atom. The van der Waals surface area contributed by atoms with Crippen molar-refractivity contribution in [3.8, 4) is 0 Å². The van der Waals surface area contributed by atoms with Gasteiger partial charge in [0.25, 0.3) is 0 Å². The molecule has 0 atom stereocenters. The van der Waals surface area contributed by atoms with Crippen molar-refractivity contribution in [1.82, 2.24) is 15.7 Å². The summed E-state index contributed by atoms with van der Waals surface area (Å²) in [7, 11) is 0. The Labute approximate surface area is 124 Å². The molecule has 0 aromatic carbocycles. The Balaban J connectivity index is 1.69. The molecule has 0 spiro atoms. The van der Waals surface area contributed by atoms with Crippen LogP contribution in [0.2, 0.25) is 0 Å². The lowest BCUT2D eigenvalue weighted by Gasteiger charge is -2.22. The zero-order valence-electron chi connectivity index (χ0n) is 11.9. The molecule has 1 heterocycles. The number of amides is 2. The highest BCUT2D eigenvalue weighted by Gasteiger charge is 2.17. The maximum Gasteiger partial charge on any atom is 0.249 e. The molecule has 21 heavy (non-hydrogen) atoms. The molecular formula is C15H20N4O2. The number of hydrogen-bond acceptors (Lipinski definition) is 4. The average Bonchev–Trinajstić information content (AvgIpc) is 2.49. The van der Waals surface area contributed by atoms with Crippen LogP contribution < -0.4 is 10.7 Å². The minimum absolute atomic E-state index is 0.194. The lowest BCUT2D eigenvalue weighted by Crippen LogP contribution is -2.38. The average molecular weight is 288 g/mol. The van der Waals surface area contributed by atoms with Crippen molar-refractivity contribution in [3.05, 3.63) is 30.1 Å². The van der Waals surface area contributed by atoms with E-state index < -0.39 is 5.91 Å². The fraction of sp³-hybridized carbons (Fsp3) is 0.467. The molecule has 6 heteroatoms. The third-order valence-electron chi connectivity index (χ3n) is 3.38. The summed E-state index contributed by atoms with van der Waals surface area (Å²) >= 11 is 0. The Kier molecular flexibility index (Phi) is 5.87. The van der Waals surface area contributed by atoms with E-state index in [1.165, 1.54) is 12.6 Å². The van der Waals surface area contributed by atoms with Gasteiger partial charge in [-0.25, -0.2) is 5.43 Å². The van der Waals surface area contributed by atoms with Gasteiger partial charge >= 0.3 is 0 Å². The van der Waals surface area contributed by atoms with Crippen molar-refractivity contribution < 1.29 is 9.59 Å². The number of nitrogens with zero attached hydrogens (tertiary/aromatic N) is 2. The summed E-state index contributed by atoms with van der Waals surface area (Å²) in [5.41, 5.74) is 3.12. The second kappa shape index (κ2) is 8.14. The highest BCUT2D eigenvalue weighted by atomic mass is 16.2. The number of hydrazone groups is 1.